The predicted octanol–water partition coefficient (Wildman–Crippen LogP) is 8.20. The number of hydrogen-bond acceptors (Lipinski definition) is 5. The molecule has 1 aromatic heterocycles. The maximum Gasteiger partial charge on any atom is 0.335 e. The van der Waals surface area contributed by atoms with Gasteiger partial charge in [-0.3, -0.25) is 14.9 Å². The molecule has 1 heterocycles. The number of fused-ring (bicyclic) bond motifs is 7. The van der Waals surface area contributed by atoms with E-state index in [0.29, 0.717) is 34.4 Å². The molecular weight excluding hydrogens is 595 g/mol. The van der Waals surface area contributed by atoms with Crippen molar-refractivity contribution in [3.8, 4) is 0 Å². The molecule has 7 nitrogen and oxygen atoms in total. The van der Waals surface area contributed by atoms with Crippen molar-refractivity contribution in [2.75, 3.05) is 5.32 Å². The number of rotatable bonds is 4. The Kier molecular flexibility index (Phi) is 7.39. The first-order chi connectivity index (χ1) is 21.8. The third-order valence-corrected chi connectivity index (χ3v) is 15.3. The minimum atomic E-state index is -0.885. The first-order valence-corrected chi connectivity index (χ1v) is 18.2. The second kappa shape index (κ2) is 10.8. The van der Waals surface area contributed by atoms with Gasteiger partial charge in [-0.2, -0.15) is 0 Å². The second-order valence-corrected chi connectivity index (χ2v) is 17.4. The summed E-state index contributed by atoms with van der Waals surface area (Å²) in [5.74, 6) is 0.0563. The van der Waals surface area contributed by atoms with Crippen molar-refractivity contribution in [3.63, 3.8) is 0 Å². The average molecular weight is 644 g/mol. The van der Waals surface area contributed by atoms with Gasteiger partial charge in [0.2, 0.25) is 0 Å². The van der Waals surface area contributed by atoms with Gasteiger partial charge in [-0.1, -0.05) is 59.2 Å². The van der Waals surface area contributed by atoms with Crippen LogP contribution in [-0.4, -0.2) is 33.4 Å². The lowest BCUT2D eigenvalue weighted by molar-refractivity contribution is -0.216. The molecule has 2 amide bonds. The number of allylic oxidation sites excluding steroid dienone is 2. The predicted molar refractivity (Wildman–Crippen MR) is 181 cm³/mol. The lowest BCUT2D eigenvalue weighted by atomic mass is 9.33. The summed E-state index contributed by atoms with van der Waals surface area (Å²) in [5, 5.41) is 17.7. The van der Waals surface area contributed by atoms with E-state index in [1.807, 2.05) is 12.1 Å². The van der Waals surface area contributed by atoms with Gasteiger partial charge in [0, 0.05) is 17.1 Å². The molecule has 46 heavy (non-hydrogen) atoms. The fourth-order valence-corrected chi connectivity index (χ4v) is 12.9. The molecule has 4 fully saturated rings. The van der Waals surface area contributed by atoms with Crippen molar-refractivity contribution in [1.29, 1.82) is 0 Å². The van der Waals surface area contributed by atoms with Gasteiger partial charge in [0.05, 0.1) is 5.56 Å². The number of nitrogens with one attached hydrogen (secondary N) is 2. The van der Waals surface area contributed by atoms with Crippen LogP contribution in [0.4, 0.5) is 5.13 Å². The minimum Gasteiger partial charge on any atom is -0.478 e. The Morgan fingerprint density at radius 1 is 0.848 bits per heavy atom. The number of aromatic carboxylic acids is 1. The molecule has 0 bridgehead atoms. The molecule has 5 aliphatic carbocycles. The van der Waals surface area contributed by atoms with Crippen molar-refractivity contribution in [3.05, 3.63) is 53.0 Å². The number of carboxylic acids is 1. The number of nitrogens with zero attached hydrogens (tertiary/aromatic N) is 1. The van der Waals surface area contributed by atoms with Crippen LogP contribution in [0.25, 0.3) is 5.57 Å². The summed E-state index contributed by atoms with van der Waals surface area (Å²) in [4.78, 5) is 41.7. The van der Waals surface area contributed by atoms with Gasteiger partial charge in [-0.25, -0.2) is 9.78 Å². The van der Waals surface area contributed by atoms with Crippen LogP contribution in [0, 0.1) is 45.3 Å². The summed E-state index contributed by atoms with van der Waals surface area (Å²) in [7, 11) is 0. The fraction of sp³-hybridized carbons (Fsp3) is 0.632. The Morgan fingerprint density at radius 3 is 2.30 bits per heavy atom. The van der Waals surface area contributed by atoms with Crippen LogP contribution in [-0.2, 0) is 9.59 Å². The van der Waals surface area contributed by atoms with Gasteiger partial charge >= 0.3 is 17.8 Å². The molecule has 0 saturated heterocycles. The molecule has 8 atom stereocenters. The number of aromatic nitrogens is 1. The summed E-state index contributed by atoms with van der Waals surface area (Å²) in [6.07, 6.45) is 15.1. The lowest BCUT2D eigenvalue weighted by Gasteiger charge is -2.72. The zero-order valence-electron chi connectivity index (χ0n) is 27.9. The summed E-state index contributed by atoms with van der Waals surface area (Å²) in [5.41, 5.74) is 3.08. The quantitative estimate of drug-likeness (QED) is 0.291. The number of amides is 2. The van der Waals surface area contributed by atoms with E-state index < -0.39 is 17.8 Å². The third kappa shape index (κ3) is 4.48. The first kappa shape index (κ1) is 31.6. The number of carboxylic acid groups (broad SMARTS) is 1. The zero-order valence-corrected chi connectivity index (χ0v) is 28.8. The number of benzene rings is 1. The van der Waals surface area contributed by atoms with Crippen LogP contribution < -0.4 is 10.6 Å². The van der Waals surface area contributed by atoms with Gasteiger partial charge in [0.15, 0.2) is 5.13 Å². The average Bonchev–Trinajstić information content (AvgIpc) is 3.67. The molecular formula is C38H49N3O4S. The topological polar surface area (TPSA) is 108 Å². The standard InChI is InChI=1S/C38H49N3O4S/c1-34(2)25(23-8-10-24(11-9-23)32(44)45)14-17-35(3)28(34)15-18-37(5)29(35)13-12-26-27-7-6-16-38(27,20-19-36(26,37)4)41-31(43)30(42)40-33-39-21-22-46-33/h8-11,14,21-22,26-29H,6-7,12-13,15-20H2,1-5H3,(H,41,43)(H,44,45)(H,39,40,42)/t26?,27?,28?,29?,35?,36-,37?,38?/m1/s1. The van der Waals surface area contributed by atoms with Gasteiger partial charge < -0.3 is 10.4 Å². The molecule has 0 aliphatic heterocycles. The van der Waals surface area contributed by atoms with Crippen LogP contribution in [0.1, 0.15) is 115 Å². The van der Waals surface area contributed by atoms with E-state index in [0.717, 1.165) is 44.1 Å². The molecule has 0 spiro atoms. The number of carbonyl (C=O) groups excluding carboxylic acids is 2. The molecule has 5 aliphatic rings. The van der Waals surface area contributed by atoms with Crippen LogP contribution >= 0.6 is 11.3 Å². The van der Waals surface area contributed by atoms with Crippen LogP contribution in [0.5, 0.6) is 0 Å². The van der Waals surface area contributed by atoms with Crippen LogP contribution in [0.3, 0.4) is 0 Å². The van der Waals surface area contributed by atoms with E-state index in [9.17, 15) is 19.5 Å². The highest BCUT2D eigenvalue weighted by Crippen LogP contribution is 2.76. The van der Waals surface area contributed by atoms with Crippen molar-refractivity contribution in [2.45, 2.75) is 104 Å². The van der Waals surface area contributed by atoms with Crippen molar-refractivity contribution < 1.29 is 19.5 Å². The molecule has 4 saturated carbocycles. The number of anilines is 1. The number of carbonyl (C=O) groups is 3. The molecule has 0 radical (unpaired) electrons. The molecule has 246 valence electrons. The molecule has 2 aromatic rings. The van der Waals surface area contributed by atoms with Crippen molar-refractivity contribution in [2.24, 2.45) is 45.3 Å². The first-order valence-electron chi connectivity index (χ1n) is 17.3. The van der Waals surface area contributed by atoms with Crippen molar-refractivity contribution in [1.82, 2.24) is 10.3 Å². The summed E-state index contributed by atoms with van der Waals surface area (Å²) < 4.78 is 0. The van der Waals surface area contributed by atoms with E-state index in [1.165, 1.54) is 42.6 Å². The Morgan fingerprint density at radius 2 is 1.61 bits per heavy atom. The maximum absolute atomic E-state index is 13.3. The van der Waals surface area contributed by atoms with Gasteiger partial charge in [-0.15, -0.1) is 11.3 Å². The highest BCUT2D eigenvalue weighted by atomic mass is 32.1. The van der Waals surface area contributed by atoms with Gasteiger partial charge in [0.25, 0.3) is 0 Å². The van der Waals surface area contributed by atoms with E-state index in [1.54, 1.807) is 23.7 Å². The SMILES string of the molecule is CC1(C)C(c2ccc(C(=O)O)cc2)=CCC2(C)C1CCC1(C)C2CCC2C3CCCC3(NC(=O)C(=O)Nc3nccs3)CC[C@]21C. The van der Waals surface area contributed by atoms with Crippen LogP contribution in [0.2, 0.25) is 0 Å². The van der Waals surface area contributed by atoms with Gasteiger partial charge in [-0.05, 0) is 126 Å². The van der Waals surface area contributed by atoms with Crippen LogP contribution in [0.15, 0.2) is 41.9 Å². The van der Waals surface area contributed by atoms with E-state index in [2.05, 4.69) is 56.3 Å². The third-order valence-electron chi connectivity index (χ3n) is 14.6. The Bertz CT molecular complexity index is 1580. The summed E-state index contributed by atoms with van der Waals surface area (Å²) in [6, 6.07) is 7.47. The summed E-state index contributed by atoms with van der Waals surface area (Å²) >= 11 is 1.32. The Balaban J connectivity index is 1.14. The maximum atomic E-state index is 13.3. The molecule has 7 rings (SSSR count). The van der Waals surface area contributed by atoms with E-state index >= 15 is 0 Å². The lowest BCUT2D eigenvalue weighted by Crippen LogP contribution is -2.68. The van der Waals surface area contributed by atoms with Crippen molar-refractivity contribution >= 4 is 39.8 Å². The number of hydrogen-bond donors (Lipinski definition) is 3. The van der Waals surface area contributed by atoms with E-state index in [4.69, 9.17) is 0 Å². The second-order valence-electron chi connectivity index (χ2n) is 16.5. The minimum absolute atomic E-state index is 0.0204. The van der Waals surface area contributed by atoms with Gasteiger partial charge in [0.1, 0.15) is 0 Å². The summed E-state index contributed by atoms with van der Waals surface area (Å²) in [6.45, 7) is 12.6. The monoisotopic (exact) mass is 643 g/mol. The van der Waals surface area contributed by atoms with E-state index in [-0.39, 0.29) is 27.2 Å². The normalized spacial score (nSPS) is 39.1. The zero-order chi connectivity index (χ0) is 32.7. The molecule has 7 unspecified atom stereocenters. The largest absolute Gasteiger partial charge is 0.478 e. The molecule has 8 heteroatoms. The molecule has 3 N–H and O–H groups in total. The smallest absolute Gasteiger partial charge is 0.335 e. The Hall–Kier alpha value is -3.00. The highest BCUT2D eigenvalue weighted by Gasteiger charge is 2.69. The highest BCUT2D eigenvalue weighted by molar-refractivity contribution is 7.13. The molecule has 1 aromatic carbocycles. The Labute approximate surface area is 277 Å². The fourth-order valence-electron chi connectivity index (χ4n) is 12.4. The number of thiazole rings is 1.